The highest BCUT2D eigenvalue weighted by molar-refractivity contribution is 5.97. The average Bonchev–Trinajstić information content (AvgIpc) is 2.34. The molecule has 0 aromatic heterocycles. The van der Waals surface area contributed by atoms with Crippen molar-refractivity contribution in [2.75, 3.05) is 5.73 Å². The van der Waals surface area contributed by atoms with Crippen LogP contribution in [0.3, 0.4) is 0 Å². The van der Waals surface area contributed by atoms with Gasteiger partial charge in [-0.15, -0.1) is 0 Å². The van der Waals surface area contributed by atoms with Crippen LogP contribution in [0, 0.1) is 5.82 Å². The zero-order valence-corrected chi connectivity index (χ0v) is 9.39. The zero-order chi connectivity index (χ0) is 13.1. The fourth-order valence-electron chi connectivity index (χ4n) is 1.50. The van der Waals surface area contributed by atoms with E-state index in [0.29, 0.717) is 0 Å². The van der Waals surface area contributed by atoms with Gasteiger partial charge in [-0.1, -0.05) is 18.2 Å². The predicted octanol–water partition coefficient (Wildman–Crippen LogP) is 2.30. The molecule has 92 valence electrons. The molecule has 0 aliphatic rings. The molecule has 0 bridgehead atoms. The number of ether oxygens (including phenoxy) is 1. The molecular weight excluding hydrogens is 235 g/mol. The molecule has 2 rings (SSSR count). The minimum Gasteiger partial charge on any atom is -0.451 e. The number of halogens is 1. The highest BCUT2D eigenvalue weighted by Gasteiger charge is 2.14. The fourth-order valence-corrected chi connectivity index (χ4v) is 1.50. The normalized spacial score (nSPS) is 10.1. The van der Waals surface area contributed by atoms with Gasteiger partial charge in [-0.3, -0.25) is 4.79 Å². The van der Waals surface area contributed by atoms with Crippen LogP contribution in [-0.2, 0) is 0 Å². The Hall–Kier alpha value is -2.56. The van der Waals surface area contributed by atoms with Gasteiger partial charge in [0, 0.05) is 0 Å². The SMILES string of the molecule is NC(=O)c1cccc(N)c1Oc1ccccc1F. The Balaban J connectivity index is 2.46. The van der Waals surface area contributed by atoms with Gasteiger partial charge in [-0.05, 0) is 24.3 Å². The van der Waals surface area contributed by atoms with Crippen molar-refractivity contribution in [2.45, 2.75) is 0 Å². The number of anilines is 1. The number of primary amides is 1. The molecule has 1 amide bonds. The number of rotatable bonds is 3. The van der Waals surface area contributed by atoms with E-state index in [2.05, 4.69) is 0 Å². The lowest BCUT2D eigenvalue weighted by molar-refractivity contribution is 0.0998. The van der Waals surface area contributed by atoms with E-state index >= 15 is 0 Å². The lowest BCUT2D eigenvalue weighted by atomic mass is 10.1. The molecule has 0 heterocycles. The van der Waals surface area contributed by atoms with Crippen molar-refractivity contribution < 1.29 is 13.9 Å². The van der Waals surface area contributed by atoms with Crippen molar-refractivity contribution in [1.29, 1.82) is 0 Å². The smallest absolute Gasteiger partial charge is 0.252 e. The summed E-state index contributed by atoms with van der Waals surface area (Å²) in [5, 5.41) is 0. The monoisotopic (exact) mass is 246 g/mol. The predicted molar refractivity (Wildman–Crippen MR) is 65.8 cm³/mol. The summed E-state index contributed by atoms with van der Waals surface area (Å²) in [6.07, 6.45) is 0. The van der Waals surface area contributed by atoms with Gasteiger partial charge in [0.1, 0.15) is 0 Å². The van der Waals surface area contributed by atoms with Crippen molar-refractivity contribution in [1.82, 2.24) is 0 Å². The molecule has 2 aromatic rings. The number of carbonyl (C=O) groups is 1. The summed E-state index contributed by atoms with van der Waals surface area (Å²) < 4.78 is 18.8. The molecule has 4 N–H and O–H groups in total. The van der Waals surface area contributed by atoms with Gasteiger partial charge < -0.3 is 16.2 Å². The largest absolute Gasteiger partial charge is 0.451 e. The number of amides is 1. The van der Waals surface area contributed by atoms with Crippen molar-refractivity contribution in [3.63, 3.8) is 0 Å². The Bertz CT molecular complexity index is 599. The molecule has 0 aliphatic heterocycles. The van der Waals surface area contributed by atoms with Crippen LogP contribution in [0.15, 0.2) is 42.5 Å². The third kappa shape index (κ3) is 2.24. The Morgan fingerprint density at radius 3 is 2.50 bits per heavy atom. The van der Waals surface area contributed by atoms with Crippen LogP contribution in [0.2, 0.25) is 0 Å². The second kappa shape index (κ2) is 4.75. The van der Waals surface area contributed by atoms with Crippen LogP contribution in [-0.4, -0.2) is 5.91 Å². The summed E-state index contributed by atoms with van der Waals surface area (Å²) in [5.74, 6) is -1.18. The summed E-state index contributed by atoms with van der Waals surface area (Å²) in [6.45, 7) is 0. The van der Waals surface area contributed by atoms with Gasteiger partial charge in [-0.2, -0.15) is 0 Å². The Morgan fingerprint density at radius 1 is 1.11 bits per heavy atom. The van der Waals surface area contributed by atoms with E-state index in [4.69, 9.17) is 16.2 Å². The molecule has 0 radical (unpaired) electrons. The first kappa shape index (κ1) is 11.9. The maximum Gasteiger partial charge on any atom is 0.252 e. The fraction of sp³-hybridized carbons (Fsp3) is 0. The van der Waals surface area contributed by atoms with Crippen molar-refractivity contribution in [3.8, 4) is 11.5 Å². The molecule has 0 aliphatic carbocycles. The molecule has 0 spiro atoms. The Morgan fingerprint density at radius 2 is 1.83 bits per heavy atom. The van der Waals surface area contributed by atoms with E-state index in [0.717, 1.165) is 0 Å². The van der Waals surface area contributed by atoms with Crippen LogP contribution in [0.25, 0.3) is 0 Å². The van der Waals surface area contributed by atoms with Gasteiger partial charge in [0.2, 0.25) is 0 Å². The van der Waals surface area contributed by atoms with Crippen LogP contribution >= 0.6 is 0 Å². The van der Waals surface area contributed by atoms with Crippen molar-refractivity contribution >= 4 is 11.6 Å². The van der Waals surface area contributed by atoms with E-state index < -0.39 is 11.7 Å². The quantitative estimate of drug-likeness (QED) is 0.815. The first-order valence-corrected chi connectivity index (χ1v) is 5.20. The third-order valence-corrected chi connectivity index (χ3v) is 2.36. The van der Waals surface area contributed by atoms with Crippen LogP contribution in [0.5, 0.6) is 11.5 Å². The summed E-state index contributed by atoms with van der Waals surface area (Å²) in [4.78, 5) is 11.2. The lowest BCUT2D eigenvalue weighted by Crippen LogP contribution is -2.13. The molecule has 4 nitrogen and oxygen atoms in total. The highest BCUT2D eigenvalue weighted by atomic mass is 19.1. The van der Waals surface area contributed by atoms with E-state index in [9.17, 15) is 9.18 Å². The molecule has 0 fully saturated rings. The lowest BCUT2D eigenvalue weighted by Gasteiger charge is -2.11. The van der Waals surface area contributed by atoms with Gasteiger partial charge in [-0.25, -0.2) is 4.39 Å². The number of hydrogen-bond donors (Lipinski definition) is 2. The van der Waals surface area contributed by atoms with Crippen LogP contribution in [0.4, 0.5) is 10.1 Å². The zero-order valence-electron chi connectivity index (χ0n) is 9.39. The van der Waals surface area contributed by atoms with E-state index in [-0.39, 0.29) is 22.7 Å². The van der Waals surface area contributed by atoms with Gasteiger partial charge in [0.25, 0.3) is 5.91 Å². The Kier molecular flexibility index (Phi) is 3.14. The van der Waals surface area contributed by atoms with Crippen LogP contribution in [0.1, 0.15) is 10.4 Å². The van der Waals surface area contributed by atoms with Crippen LogP contribution < -0.4 is 16.2 Å². The van der Waals surface area contributed by atoms with E-state index in [1.807, 2.05) is 0 Å². The molecule has 0 saturated heterocycles. The number of nitrogen functional groups attached to an aromatic ring is 1. The van der Waals surface area contributed by atoms with E-state index in [1.165, 1.54) is 24.3 Å². The summed E-state index contributed by atoms with van der Waals surface area (Å²) in [7, 11) is 0. The molecule has 2 aromatic carbocycles. The topological polar surface area (TPSA) is 78.3 Å². The van der Waals surface area contributed by atoms with Crippen molar-refractivity contribution in [3.05, 3.63) is 53.8 Å². The highest BCUT2D eigenvalue weighted by Crippen LogP contribution is 2.32. The summed E-state index contributed by atoms with van der Waals surface area (Å²) in [6, 6.07) is 10.4. The second-order valence-corrected chi connectivity index (χ2v) is 3.62. The number of hydrogen-bond acceptors (Lipinski definition) is 3. The van der Waals surface area contributed by atoms with Crippen molar-refractivity contribution in [2.24, 2.45) is 5.73 Å². The maximum atomic E-state index is 13.5. The number of para-hydroxylation sites is 2. The average molecular weight is 246 g/mol. The molecule has 0 atom stereocenters. The number of benzene rings is 2. The summed E-state index contributed by atoms with van der Waals surface area (Å²) >= 11 is 0. The first-order valence-electron chi connectivity index (χ1n) is 5.20. The molecule has 0 saturated carbocycles. The number of nitrogens with two attached hydrogens (primary N) is 2. The minimum atomic E-state index is -0.686. The molecule has 18 heavy (non-hydrogen) atoms. The van der Waals surface area contributed by atoms with Gasteiger partial charge >= 0.3 is 0 Å². The first-order chi connectivity index (χ1) is 8.59. The molecular formula is C13H11FN2O2. The molecule has 0 unspecified atom stereocenters. The third-order valence-electron chi connectivity index (χ3n) is 2.36. The standard InChI is InChI=1S/C13H11FN2O2/c14-9-5-1-2-7-11(9)18-12-8(13(16)17)4-3-6-10(12)15/h1-7H,15H2,(H2,16,17). The molecule has 5 heteroatoms. The number of carbonyl (C=O) groups excluding carboxylic acids is 1. The maximum absolute atomic E-state index is 13.5. The summed E-state index contributed by atoms with van der Waals surface area (Å²) in [5.41, 5.74) is 11.2. The Labute approximate surface area is 103 Å². The minimum absolute atomic E-state index is 0.0158. The van der Waals surface area contributed by atoms with E-state index in [1.54, 1.807) is 18.2 Å². The second-order valence-electron chi connectivity index (χ2n) is 3.62. The van der Waals surface area contributed by atoms with Gasteiger partial charge in [0.05, 0.1) is 11.3 Å². The van der Waals surface area contributed by atoms with Gasteiger partial charge in [0.15, 0.2) is 17.3 Å².